The Morgan fingerprint density at radius 1 is 1.11 bits per heavy atom. The quantitative estimate of drug-likeness (QED) is 0.612. The summed E-state index contributed by atoms with van der Waals surface area (Å²) in [6, 6.07) is 20.9. The molecular formula is C22H20N2O2S. The zero-order valence-electron chi connectivity index (χ0n) is 15.0. The first kappa shape index (κ1) is 16.4. The molecule has 1 aromatic heterocycles. The van der Waals surface area contributed by atoms with Crippen molar-refractivity contribution in [2.45, 2.75) is 25.6 Å². The summed E-state index contributed by atoms with van der Waals surface area (Å²) >= 11 is 1.71. The van der Waals surface area contributed by atoms with Crippen molar-refractivity contribution in [2.75, 3.05) is 6.61 Å². The van der Waals surface area contributed by atoms with Gasteiger partial charge in [-0.1, -0.05) is 24.3 Å². The molecule has 0 amide bonds. The SMILES string of the molecule is CCOc1ccc(C2=NN3C(C2)c2ccccc2OC3c2cccs2)cc1. The van der Waals surface area contributed by atoms with Crippen LogP contribution in [0.5, 0.6) is 11.5 Å². The molecule has 0 bridgehead atoms. The fourth-order valence-electron chi connectivity index (χ4n) is 3.74. The molecule has 2 aliphatic rings. The van der Waals surface area contributed by atoms with Crippen LogP contribution in [-0.4, -0.2) is 17.3 Å². The molecule has 27 heavy (non-hydrogen) atoms. The number of rotatable bonds is 4. The average Bonchev–Trinajstić information content (AvgIpc) is 3.39. The summed E-state index contributed by atoms with van der Waals surface area (Å²) in [5.74, 6) is 1.85. The third-order valence-corrected chi connectivity index (χ3v) is 5.89. The molecule has 136 valence electrons. The second-order valence-electron chi connectivity index (χ2n) is 6.63. The van der Waals surface area contributed by atoms with E-state index in [1.165, 1.54) is 10.4 Å². The van der Waals surface area contributed by atoms with Gasteiger partial charge in [0.25, 0.3) is 0 Å². The maximum absolute atomic E-state index is 6.33. The lowest BCUT2D eigenvalue weighted by atomic mass is 9.96. The second-order valence-corrected chi connectivity index (χ2v) is 7.61. The van der Waals surface area contributed by atoms with Gasteiger partial charge in [-0.3, -0.25) is 0 Å². The molecule has 3 heterocycles. The highest BCUT2D eigenvalue weighted by atomic mass is 32.1. The fraction of sp³-hybridized carbons (Fsp3) is 0.227. The number of hydrazone groups is 1. The lowest BCUT2D eigenvalue weighted by molar-refractivity contribution is -0.0165. The number of fused-ring (bicyclic) bond motifs is 3. The smallest absolute Gasteiger partial charge is 0.222 e. The normalized spacial score (nSPS) is 20.5. The molecule has 5 heteroatoms. The predicted molar refractivity (Wildman–Crippen MR) is 107 cm³/mol. The maximum atomic E-state index is 6.33. The van der Waals surface area contributed by atoms with E-state index in [1.54, 1.807) is 11.3 Å². The second kappa shape index (κ2) is 6.74. The van der Waals surface area contributed by atoms with E-state index in [-0.39, 0.29) is 12.3 Å². The van der Waals surface area contributed by atoms with Crippen LogP contribution in [0.25, 0.3) is 0 Å². The lowest BCUT2D eigenvalue weighted by Crippen LogP contribution is -2.33. The van der Waals surface area contributed by atoms with E-state index in [0.717, 1.165) is 29.2 Å². The highest BCUT2D eigenvalue weighted by Crippen LogP contribution is 2.48. The zero-order chi connectivity index (χ0) is 18.2. The minimum Gasteiger partial charge on any atom is -0.494 e. The van der Waals surface area contributed by atoms with Gasteiger partial charge >= 0.3 is 0 Å². The number of hydrogen-bond donors (Lipinski definition) is 0. The number of hydrogen-bond acceptors (Lipinski definition) is 5. The van der Waals surface area contributed by atoms with Gasteiger partial charge in [-0.15, -0.1) is 11.3 Å². The molecule has 3 aromatic rings. The summed E-state index contributed by atoms with van der Waals surface area (Å²) in [5.41, 5.74) is 3.43. The van der Waals surface area contributed by atoms with Crippen molar-refractivity contribution in [3.8, 4) is 11.5 Å². The van der Waals surface area contributed by atoms with Crippen molar-refractivity contribution in [3.63, 3.8) is 0 Å². The maximum Gasteiger partial charge on any atom is 0.222 e. The molecule has 2 aromatic carbocycles. The third kappa shape index (κ3) is 2.88. The number of ether oxygens (including phenoxy) is 2. The molecule has 0 N–H and O–H groups in total. The first-order valence-corrected chi connectivity index (χ1v) is 10.1. The Labute approximate surface area is 162 Å². The molecule has 2 atom stereocenters. The van der Waals surface area contributed by atoms with Crippen molar-refractivity contribution in [3.05, 3.63) is 82.0 Å². The molecular weight excluding hydrogens is 356 g/mol. The van der Waals surface area contributed by atoms with Gasteiger partial charge in [-0.05, 0) is 54.3 Å². The van der Waals surface area contributed by atoms with E-state index in [4.69, 9.17) is 14.6 Å². The third-order valence-electron chi connectivity index (χ3n) is 4.98. The summed E-state index contributed by atoms with van der Waals surface area (Å²) < 4.78 is 11.9. The molecule has 0 radical (unpaired) electrons. The van der Waals surface area contributed by atoms with Gasteiger partial charge in [0.05, 0.1) is 23.2 Å². The Morgan fingerprint density at radius 3 is 2.74 bits per heavy atom. The summed E-state index contributed by atoms with van der Waals surface area (Å²) in [6.45, 7) is 2.67. The largest absolute Gasteiger partial charge is 0.494 e. The molecule has 4 nitrogen and oxygen atoms in total. The van der Waals surface area contributed by atoms with Crippen molar-refractivity contribution >= 4 is 17.0 Å². The van der Waals surface area contributed by atoms with E-state index in [1.807, 2.05) is 25.1 Å². The number of thiophene rings is 1. The molecule has 0 spiro atoms. The van der Waals surface area contributed by atoms with Gasteiger partial charge in [0.15, 0.2) is 0 Å². The van der Waals surface area contributed by atoms with Crippen LogP contribution in [0.15, 0.2) is 71.1 Å². The van der Waals surface area contributed by atoms with Crippen molar-refractivity contribution in [1.82, 2.24) is 5.01 Å². The molecule has 0 saturated carbocycles. The van der Waals surface area contributed by atoms with Gasteiger partial charge in [0.2, 0.25) is 6.23 Å². The Bertz CT molecular complexity index is 966. The van der Waals surface area contributed by atoms with Crippen LogP contribution in [0.1, 0.15) is 41.6 Å². The van der Waals surface area contributed by atoms with Gasteiger partial charge in [0, 0.05) is 12.0 Å². The van der Waals surface area contributed by atoms with E-state index in [9.17, 15) is 0 Å². The van der Waals surface area contributed by atoms with E-state index in [2.05, 4.69) is 52.9 Å². The van der Waals surface area contributed by atoms with Crippen LogP contribution >= 0.6 is 11.3 Å². The van der Waals surface area contributed by atoms with Crippen LogP contribution < -0.4 is 9.47 Å². The summed E-state index contributed by atoms with van der Waals surface area (Å²) in [7, 11) is 0. The van der Waals surface area contributed by atoms with Crippen LogP contribution in [0, 0.1) is 0 Å². The van der Waals surface area contributed by atoms with Gasteiger partial charge in [0.1, 0.15) is 11.5 Å². The minimum absolute atomic E-state index is 0.176. The van der Waals surface area contributed by atoms with Crippen molar-refractivity contribution in [2.24, 2.45) is 5.10 Å². The summed E-state index contributed by atoms with van der Waals surface area (Å²) in [6.07, 6.45) is 0.695. The van der Waals surface area contributed by atoms with Crippen LogP contribution in [0.4, 0.5) is 0 Å². The van der Waals surface area contributed by atoms with Gasteiger partial charge in [-0.2, -0.15) is 5.10 Å². The predicted octanol–water partition coefficient (Wildman–Crippen LogP) is 5.39. The number of para-hydroxylation sites is 1. The topological polar surface area (TPSA) is 34.1 Å². The highest BCUT2D eigenvalue weighted by molar-refractivity contribution is 7.10. The standard InChI is InChI=1S/C22H20N2O2S/c1-2-25-16-11-9-15(10-12-16)18-14-19-17-6-3-4-7-20(17)26-22(24(19)23-18)21-8-5-13-27-21/h3-13,19,22H,2,14H2,1H3. The van der Waals surface area contributed by atoms with Crippen LogP contribution in [0.2, 0.25) is 0 Å². The lowest BCUT2D eigenvalue weighted by Gasteiger charge is -2.37. The van der Waals surface area contributed by atoms with Crippen LogP contribution in [-0.2, 0) is 0 Å². The molecule has 2 aliphatic heterocycles. The van der Waals surface area contributed by atoms with Gasteiger partial charge in [-0.25, -0.2) is 5.01 Å². The average molecular weight is 376 g/mol. The highest BCUT2D eigenvalue weighted by Gasteiger charge is 2.41. The summed E-state index contributed by atoms with van der Waals surface area (Å²) in [4.78, 5) is 1.17. The number of benzene rings is 2. The molecule has 0 fully saturated rings. The molecule has 2 unspecified atom stereocenters. The Hall–Kier alpha value is -2.79. The zero-order valence-corrected chi connectivity index (χ0v) is 15.9. The number of nitrogens with zero attached hydrogens (tertiary/aromatic N) is 2. The van der Waals surface area contributed by atoms with E-state index in [0.29, 0.717) is 6.61 Å². The molecule has 0 saturated heterocycles. The molecule has 5 rings (SSSR count). The van der Waals surface area contributed by atoms with Crippen LogP contribution in [0.3, 0.4) is 0 Å². The van der Waals surface area contributed by atoms with Crippen molar-refractivity contribution < 1.29 is 9.47 Å². The molecule has 0 aliphatic carbocycles. The first-order valence-electron chi connectivity index (χ1n) is 9.21. The first-order chi connectivity index (χ1) is 13.3. The Balaban J connectivity index is 1.52. The monoisotopic (exact) mass is 376 g/mol. The summed E-state index contributed by atoms with van der Waals surface area (Å²) in [5, 5.41) is 9.19. The fourth-order valence-corrected chi connectivity index (χ4v) is 4.48. The Morgan fingerprint density at radius 2 is 1.96 bits per heavy atom. The van der Waals surface area contributed by atoms with Gasteiger partial charge < -0.3 is 9.47 Å². The van der Waals surface area contributed by atoms with Crippen molar-refractivity contribution in [1.29, 1.82) is 0 Å². The Kier molecular flexibility index (Phi) is 4.09. The van der Waals surface area contributed by atoms with E-state index >= 15 is 0 Å². The van der Waals surface area contributed by atoms with E-state index < -0.39 is 0 Å². The minimum atomic E-state index is -0.176.